The Balaban J connectivity index is 0.000000125. The molecule has 3 saturated carbocycles. The van der Waals surface area contributed by atoms with Crippen molar-refractivity contribution in [3.63, 3.8) is 0 Å². The topological polar surface area (TPSA) is 271 Å². The van der Waals surface area contributed by atoms with E-state index in [0.717, 1.165) is 54.4 Å². The van der Waals surface area contributed by atoms with Crippen LogP contribution in [0.3, 0.4) is 0 Å². The summed E-state index contributed by atoms with van der Waals surface area (Å²) in [5.41, 5.74) is 10.3. The van der Waals surface area contributed by atoms with Crippen molar-refractivity contribution in [2.45, 2.75) is 153 Å². The van der Waals surface area contributed by atoms with Gasteiger partial charge in [0.15, 0.2) is 34.5 Å². The number of carboxylic acids is 1. The van der Waals surface area contributed by atoms with Gasteiger partial charge in [0.25, 0.3) is 0 Å². The van der Waals surface area contributed by atoms with Crippen molar-refractivity contribution in [2.24, 2.45) is 0 Å². The summed E-state index contributed by atoms with van der Waals surface area (Å²) in [4.78, 5) is 74.3. The molecule has 4 fully saturated rings. The number of anilines is 3. The average molecular weight is 1620 g/mol. The van der Waals surface area contributed by atoms with Gasteiger partial charge in [-0.05, 0) is 245 Å². The number of hydrogen-bond acceptors (Lipinski definition) is 17. The van der Waals surface area contributed by atoms with Crippen LogP contribution in [0, 0.1) is 20.8 Å². The number of rotatable bonds is 14. The molecule has 582 valence electrons. The van der Waals surface area contributed by atoms with Gasteiger partial charge in [-0.25, -0.2) is 14.4 Å². The van der Waals surface area contributed by atoms with Gasteiger partial charge in [0.1, 0.15) is 13.2 Å². The summed E-state index contributed by atoms with van der Waals surface area (Å²) in [5.74, 6) is -2.80. The maximum Gasteiger partial charge on any atom is 0.586 e. The van der Waals surface area contributed by atoms with Crippen molar-refractivity contribution in [2.75, 3.05) is 16.0 Å². The third-order valence-electron chi connectivity index (χ3n) is 21.9. The summed E-state index contributed by atoms with van der Waals surface area (Å²) in [7, 11) is -0.544. The van der Waals surface area contributed by atoms with Crippen molar-refractivity contribution < 1.29 is 113 Å². The Morgan fingerprint density at radius 1 is 0.434 bits per heavy atom. The first-order valence-corrected chi connectivity index (χ1v) is 36.8. The van der Waals surface area contributed by atoms with Crippen molar-refractivity contribution in [3.8, 4) is 56.8 Å². The number of fused-ring (bicyclic) bond motifs is 5. The van der Waals surface area contributed by atoms with Crippen molar-refractivity contribution in [3.05, 3.63) is 235 Å². The van der Waals surface area contributed by atoms with Crippen molar-refractivity contribution >= 4 is 81.2 Å². The fraction of sp³-hybridized carbons (Fsp3) is 0.286. The van der Waals surface area contributed by atoms with Crippen molar-refractivity contribution in [1.82, 2.24) is 0 Å². The van der Waals surface area contributed by atoms with Crippen LogP contribution in [0.25, 0.3) is 22.3 Å². The minimum Gasteiger partial charge on any atom is -0.478 e. The number of carboxylic acid groups (broad SMARTS) is 1. The number of cyclic esters (lactones) is 2. The molecular formula is C84H71BBrF6N3O18. The molecule has 0 bridgehead atoms. The molecule has 21 nitrogen and oxygen atoms in total. The van der Waals surface area contributed by atoms with Crippen LogP contribution in [0.15, 0.2) is 168 Å². The zero-order valence-corrected chi connectivity index (χ0v) is 63.2. The number of ether oxygens (including phenoxy) is 8. The van der Waals surface area contributed by atoms with Crippen LogP contribution in [-0.4, -0.2) is 83.0 Å². The average Bonchev–Trinajstić information content (AvgIpc) is 1.64. The minimum absolute atomic E-state index is 0.00385. The molecule has 1 saturated heterocycles. The second kappa shape index (κ2) is 28.4. The third kappa shape index (κ3) is 15.2. The maximum atomic E-state index is 13.4. The van der Waals surface area contributed by atoms with Crippen LogP contribution in [0.4, 0.5) is 43.4 Å². The molecular weight excluding hydrogens is 1540 g/mol. The number of alkyl halides is 6. The Bertz CT molecular complexity index is 5460. The van der Waals surface area contributed by atoms with Crippen LogP contribution >= 0.6 is 15.9 Å². The number of carbonyl (C=O) groups excluding carboxylic acids is 5. The Morgan fingerprint density at radius 2 is 0.805 bits per heavy atom. The van der Waals surface area contributed by atoms with Gasteiger partial charge in [-0.2, -0.15) is 0 Å². The largest absolute Gasteiger partial charge is 0.586 e. The van der Waals surface area contributed by atoms with E-state index in [-0.39, 0.29) is 76.3 Å². The highest BCUT2D eigenvalue weighted by molar-refractivity contribution is 9.10. The molecule has 9 aliphatic rings. The lowest BCUT2D eigenvalue weighted by Gasteiger charge is -2.32. The smallest absolute Gasteiger partial charge is 0.478 e. The number of benzene rings is 9. The van der Waals surface area contributed by atoms with E-state index < -0.39 is 66.0 Å². The number of aromatic carboxylic acids is 1. The number of carbonyl (C=O) groups is 6. The van der Waals surface area contributed by atoms with E-state index in [1.165, 1.54) is 42.5 Å². The molecule has 113 heavy (non-hydrogen) atoms. The van der Waals surface area contributed by atoms with Crippen LogP contribution in [-0.2, 0) is 69.2 Å². The number of esters is 2. The predicted molar refractivity (Wildman–Crippen MR) is 402 cm³/mol. The Hall–Kier alpha value is -11.4. The standard InChI is InChI=1S/C26H21F2NO6.C26H19F2NO5.C24H26BF2NO5.C8H5BrO2/c1-14-2-6-18(12-19(14)15-3-4-16(13-30)20(10-15)23(31)32)29-24(33)25(8-9-25)17-5-7-21-22(11-17)35-26(27,28)34-21;1-14-2-6-18(12-19(14)15-3-4-16-13-32-23(30)20(16)10-15)29-24(31)25(8-9-25)17-5-7-21-22(11-17)34-26(27,28)33-21;1-14-6-8-16(13-17(14)25-32-21(2,3)22(4,5)33-25)28-20(29)23(10-11-23)15-7-9-18-19(12-15)31-24(26,27)30-18;9-6-2-1-5-4-11-8(10)7(5)3-6/h2-7,10-12,30H,8-9,13H2,1H3,(H,29,33)(H,31,32);2-7,10-12H,8-9,13H2,1H3,(H,29,31);6-9,12-13H,10-11H2,1-5H3,(H,28,29);1-3H,4H2. The Labute approximate surface area is 651 Å². The summed E-state index contributed by atoms with van der Waals surface area (Å²) < 4.78 is 130. The van der Waals surface area contributed by atoms with E-state index in [0.29, 0.717) is 101 Å². The van der Waals surface area contributed by atoms with E-state index in [9.17, 15) is 65.3 Å². The molecule has 6 heterocycles. The quantitative estimate of drug-likeness (QED) is 0.0384. The van der Waals surface area contributed by atoms with Gasteiger partial charge in [-0.1, -0.05) is 88.2 Å². The molecule has 9 aromatic rings. The summed E-state index contributed by atoms with van der Waals surface area (Å²) in [6.07, 6.45) is -7.58. The lowest BCUT2D eigenvalue weighted by Crippen LogP contribution is -2.41. The van der Waals surface area contributed by atoms with E-state index >= 15 is 0 Å². The van der Waals surface area contributed by atoms with Crippen LogP contribution in [0.5, 0.6) is 34.5 Å². The summed E-state index contributed by atoms with van der Waals surface area (Å²) >= 11 is 3.28. The highest BCUT2D eigenvalue weighted by Gasteiger charge is 2.57. The van der Waals surface area contributed by atoms with Gasteiger partial charge >= 0.3 is 43.9 Å². The Morgan fingerprint density at radius 3 is 1.21 bits per heavy atom. The van der Waals surface area contributed by atoms with E-state index in [1.54, 1.807) is 48.5 Å². The Kier molecular flexibility index (Phi) is 19.3. The fourth-order valence-corrected chi connectivity index (χ4v) is 14.6. The molecule has 0 atom stereocenters. The molecule has 18 rings (SSSR count). The van der Waals surface area contributed by atoms with Gasteiger partial charge in [0, 0.05) is 32.7 Å². The van der Waals surface area contributed by atoms with E-state index in [4.69, 9.17) is 18.8 Å². The fourth-order valence-electron chi connectivity index (χ4n) is 14.2. The van der Waals surface area contributed by atoms with Crippen LogP contribution in [0.2, 0.25) is 0 Å². The highest BCUT2D eigenvalue weighted by Crippen LogP contribution is 2.56. The minimum atomic E-state index is -3.73. The monoisotopic (exact) mass is 1610 g/mol. The van der Waals surface area contributed by atoms with Gasteiger partial charge in [-0.3, -0.25) is 14.4 Å². The molecule has 3 aliphatic carbocycles. The van der Waals surface area contributed by atoms with E-state index in [2.05, 4.69) is 60.3 Å². The molecule has 0 aromatic heterocycles. The maximum absolute atomic E-state index is 13.4. The van der Waals surface area contributed by atoms with Gasteiger partial charge in [0.05, 0.1) is 50.7 Å². The zero-order valence-electron chi connectivity index (χ0n) is 61.6. The van der Waals surface area contributed by atoms with Crippen molar-refractivity contribution in [1.29, 1.82) is 0 Å². The molecule has 0 radical (unpaired) electrons. The van der Waals surface area contributed by atoms with Gasteiger partial charge < -0.3 is 73.4 Å². The molecule has 6 aliphatic heterocycles. The molecule has 29 heteroatoms. The molecule has 0 spiro atoms. The van der Waals surface area contributed by atoms with E-state index in [1.807, 2.05) is 121 Å². The molecule has 3 amide bonds. The number of halogens is 7. The normalized spacial score (nSPS) is 18.7. The molecule has 0 unspecified atom stereocenters. The van der Waals surface area contributed by atoms with Gasteiger partial charge in [-0.15, -0.1) is 26.3 Å². The summed E-state index contributed by atoms with van der Waals surface area (Å²) in [6, 6.07) is 45.9. The second-order valence-corrected chi connectivity index (χ2v) is 30.9. The zero-order chi connectivity index (χ0) is 80.3. The molecule has 9 aromatic carbocycles. The van der Waals surface area contributed by atoms with Gasteiger partial charge in [0.2, 0.25) is 17.7 Å². The SMILES string of the molecule is Cc1ccc(NC(=O)C2(c3ccc4c(c3)OC(F)(F)O4)CC2)cc1-c1ccc(CO)c(C(=O)O)c1.Cc1ccc(NC(=O)C2(c3ccc4c(c3)OC(F)(F)O4)CC2)cc1-c1ccc2c(c1)C(=O)OC2.Cc1ccc(NC(=O)C2(c3ccc4c(c3)OC(F)(F)O4)CC2)cc1B1OC(C)(C)C(C)(C)O1.O=C1OCc2ccc(Br)cc21. The van der Waals surface area contributed by atoms with Crippen LogP contribution in [0.1, 0.15) is 147 Å². The number of nitrogens with one attached hydrogen (secondary N) is 3. The first kappa shape index (κ1) is 76.9. The highest BCUT2D eigenvalue weighted by atomic mass is 79.9. The van der Waals surface area contributed by atoms with Crippen LogP contribution < -0.4 is 49.8 Å². The number of aryl methyl sites for hydroxylation is 3. The number of amides is 3. The lowest BCUT2D eigenvalue weighted by molar-refractivity contribution is -0.287. The number of aliphatic hydroxyl groups excluding tert-OH is 1. The lowest BCUT2D eigenvalue weighted by atomic mass is 9.76. The second-order valence-electron chi connectivity index (χ2n) is 30.0. The molecule has 5 N–H and O–H groups in total. The summed E-state index contributed by atoms with van der Waals surface area (Å²) in [5, 5.41) is 27.8. The first-order chi connectivity index (χ1) is 53.4. The third-order valence-corrected chi connectivity index (χ3v) is 22.4. The number of aliphatic hydroxyl groups is 1. The first-order valence-electron chi connectivity index (χ1n) is 36.0. The number of hydrogen-bond donors (Lipinski definition) is 5. The summed E-state index contributed by atoms with van der Waals surface area (Å²) in [6.45, 7) is 14.1. The predicted octanol–water partition coefficient (Wildman–Crippen LogP) is 16.6.